The minimum Gasteiger partial charge on any atom is -0.326 e. The molecule has 0 radical (unpaired) electrons. The summed E-state index contributed by atoms with van der Waals surface area (Å²) in [4.78, 5) is 11.9. The van der Waals surface area contributed by atoms with E-state index in [0.29, 0.717) is 11.3 Å². The zero-order valence-electron chi connectivity index (χ0n) is 11.3. The number of hydrogen-bond donors (Lipinski definition) is 1. The summed E-state index contributed by atoms with van der Waals surface area (Å²) in [6, 6.07) is 10.6. The van der Waals surface area contributed by atoms with Crippen LogP contribution in [0.15, 0.2) is 36.4 Å². The zero-order valence-corrected chi connectivity index (χ0v) is 11.3. The molecule has 0 bridgehead atoms. The lowest BCUT2D eigenvalue weighted by Crippen LogP contribution is -2.16. The van der Waals surface area contributed by atoms with Gasteiger partial charge in [-0.15, -0.1) is 0 Å². The van der Waals surface area contributed by atoms with Crippen molar-refractivity contribution in [3.8, 4) is 6.07 Å². The first-order valence-corrected chi connectivity index (χ1v) is 6.24. The molecule has 2 aromatic rings. The summed E-state index contributed by atoms with van der Waals surface area (Å²) in [5.74, 6) is -2.48. The molecular weight excluding hydrogens is 274 g/mol. The van der Waals surface area contributed by atoms with Gasteiger partial charge in [-0.1, -0.05) is 18.2 Å². The predicted octanol–water partition coefficient (Wildman–Crippen LogP) is 3.33. The smallest absolute Gasteiger partial charge is 0.228 e. The number of nitrogens with one attached hydrogen (secondary N) is 1. The molecule has 0 unspecified atom stereocenters. The van der Waals surface area contributed by atoms with E-state index in [1.807, 2.05) is 6.07 Å². The first kappa shape index (κ1) is 14.7. The SMILES string of the molecule is Cc1ccc(C#N)cc1NC(=O)Cc1cccc(F)c1F. The van der Waals surface area contributed by atoms with Crippen molar-refractivity contribution in [2.75, 3.05) is 5.32 Å². The molecule has 0 aliphatic heterocycles. The van der Waals surface area contributed by atoms with E-state index >= 15 is 0 Å². The monoisotopic (exact) mass is 286 g/mol. The highest BCUT2D eigenvalue weighted by Gasteiger charge is 2.12. The van der Waals surface area contributed by atoms with E-state index in [-0.39, 0.29) is 12.0 Å². The Labute approximate surface area is 120 Å². The van der Waals surface area contributed by atoms with Gasteiger partial charge in [0.25, 0.3) is 0 Å². The van der Waals surface area contributed by atoms with Crippen molar-refractivity contribution >= 4 is 11.6 Å². The van der Waals surface area contributed by atoms with Crippen LogP contribution in [0.4, 0.5) is 14.5 Å². The number of benzene rings is 2. The van der Waals surface area contributed by atoms with Crippen LogP contribution in [0.3, 0.4) is 0 Å². The molecule has 2 aromatic carbocycles. The maximum absolute atomic E-state index is 13.5. The average molecular weight is 286 g/mol. The second-order valence-corrected chi connectivity index (χ2v) is 4.58. The summed E-state index contributed by atoms with van der Waals surface area (Å²) in [5.41, 5.74) is 1.66. The van der Waals surface area contributed by atoms with Crippen LogP contribution < -0.4 is 5.32 Å². The lowest BCUT2D eigenvalue weighted by Gasteiger charge is -2.09. The quantitative estimate of drug-likeness (QED) is 0.941. The molecule has 0 atom stereocenters. The van der Waals surface area contributed by atoms with Crippen molar-refractivity contribution in [3.63, 3.8) is 0 Å². The molecule has 0 fully saturated rings. The Bertz CT molecular complexity index is 736. The standard InChI is InChI=1S/C16H12F2N2O/c1-10-5-6-11(9-19)7-14(10)20-15(21)8-12-3-2-4-13(17)16(12)18/h2-7H,8H2,1H3,(H,20,21). The van der Waals surface area contributed by atoms with E-state index in [0.717, 1.165) is 11.6 Å². The lowest BCUT2D eigenvalue weighted by molar-refractivity contribution is -0.115. The molecule has 0 aliphatic rings. The molecule has 0 spiro atoms. The fourth-order valence-corrected chi connectivity index (χ4v) is 1.88. The Balaban J connectivity index is 2.16. The van der Waals surface area contributed by atoms with Crippen LogP contribution in [0.1, 0.15) is 16.7 Å². The van der Waals surface area contributed by atoms with Gasteiger partial charge in [0.15, 0.2) is 11.6 Å². The van der Waals surface area contributed by atoms with Gasteiger partial charge in [0.2, 0.25) is 5.91 Å². The third kappa shape index (κ3) is 3.42. The van der Waals surface area contributed by atoms with Crippen LogP contribution in [-0.4, -0.2) is 5.91 Å². The molecule has 2 rings (SSSR count). The number of rotatable bonds is 3. The van der Waals surface area contributed by atoms with Gasteiger partial charge in [-0.25, -0.2) is 8.78 Å². The summed E-state index contributed by atoms with van der Waals surface area (Å²) in [5, 5.41) is 11.4. The normalized spacial score (nSPS) is 10.0. The lowest BCUT2D eigenvalue weighted by atomic mass is 10.1. The molecule has 0 heterocycles. The molecule has 0 aromatic heterocycles. The van der Waals surface area contributed by atoms with Gasteiger partial charge in [-0.2, -0.15) is 5.26 Å². The van der Waals surface area contributed by atoms with Gasteiger partial charge >= 0.3 is 0 Å². The molecule has 106 valence electrons. The Hall–Kier alpha value is -2.74. The van der Waals surface area contributed by atoms with Crippen molar-refractivity contribution in [2.24, 2.45) is 0 Å². The van der Waals surface area contributed by atoms with Crippen molar-refractivity contribution < 1.29 is 13.6 Å². The van der Waals surface area contributed by atoms with Gasteiger partial charge in [-0.05, 0) is 30.7 Å². The Morgan fingerprint density at radius 3 is 2.76 bits per heavy atom. The number of nitriles is 1. The number of amides is 1. The van der Waals surface area contributed by atoms with Gasteiger partial charge in [0.05, 0.1) is 18.1 Å². The number of anilines is 1. The summed E-state index contributed by atoms with van der Waals surface area (Å²) < 4.78 is 26.6. The van der Waals surface area contributed by atoms with Crippen molar-refractivity contribution in [1.29, 1.82) is 5.26 Å². The summed E-state index contributed by atoms with van der Waals surface area (Å²) in [6.07, 6.45) is -0.278. The topological polar surface area (TPSA) is 52.9 Å². The largest absolute Gasteiger partial charge is 0.326 e. The van der Waals surface area contributed by atoms with Crippen LogP contribution in [0.5, 0.6) is 0 Å². The predicted molar refractivity (Wildman–Crippen MR) is 74.6 cm³/mol. The molecule has 0 aliphatic carbocycles. The maximum Gasteiger partial charge on any atom is 0.228 e. The minimum absolute atomic E-state index is 0.0124. The van der Waals surface area contributed by atoms with Gasteiger partial charge in [0, 0.05) is 11.3 Å². The van der Waals surface area contributed by atoms with E-state index in [1.165, 1.54) is 18.2 Å². The third-order valence-electron chi connectivity index (χ3n) is 3.02. The highest BCUT2D eigenvalue weighted by Crippen LogP contribution is 2.18. The van der Waals surface area contributed by atoms with Crippen LogP contribution >= 0.6 is 0 Å². The van der Waals surface area contributed by atoms with Crippen LogP contribution in [0.25, 0.3) is 0 Å². The number of carbonyl (C=O) groups is 1. The second kappa shape index (κ2) is 6.14. The molecule has 1 amide bonds. The van der Waals surface area contributed by atoms with Crippen LogP contribution in [-0.2, 0) is 11.2 Å². The number of aryl methyl sites for hydroxylation is 1. The molecule has 1 N–H and O–H groups in total. The van der Waals surface area contributed by atoms with Gasteiger partial charge in [0.1, 0.15) is 0 Å². The minimum atomic E-state index is -1.02. The summed E-state index contributed by atoms with van der Waals surface area (Å²) in [6.45, 7) is 1.78. The molecule has 0 saturated carbocycles. The first-order chi connectivity index (χ1) is 10.0. The highest BCUT2D eigenvalue weighted by atomic mass is 19.2. The molecule has 21 heavy (non-hydrogen) atoms. The fourth-order valence-electron chi connectivity index (χ4n) is 1.88. The first-order valence-electron chi connectivity index (χ1n) is 6.24. The van der Waals surface area contributed by atoms with Gasteiger partial charge < -0.3 is 5.32 Å². The number of nitrogens with zero attached hydrogens (tertiary/aromatic N) is 1. The number of halogens is 2. The third-order valence-corrected chi connectivity index (χ3v) is 3.02. The van der Waals surface area contributed by atoms with E-state index in [4.69, 9.17) is 5.26 Å². The number of carbonyl (C=O) groups excluding carboxylic acids is 1. The molecular formula is C16H12F2N2O. The fraction of sp³-hybridized carbons (Fsp3) is 0.125. The summed E-state index contributed by atoms with van der Waals surface area (Å²) >= 11 is 0. The van der Waals surface area contributed by atoms with Crippen LogP contribution in [0, 0.1) is 29.9 Å². The Morgan fingerprint density at radius 2 is 2.05 bits per heavy atom. The Morgan fingerprint density at radius 1 is 1.29 bits per heavy atom. The molecule has 5 heteroatoms. The number of hydrogen-bond acceptors (Lipinski definition) is 2. The van der Waals surface area contributed by atoms with Gasteiger partial charge in [-0.3, -0.25) is 4.79 Å². The van der Waals surface area contributed by atoms with E-state index in [9.17, 15) is 13.6 Å². The van der Waals surface area contributed by atoms with E-state index in [2.05, 4.69) is 5.32 Å². The molecule has 0 saturated heterocycles. The van der Waals surface area contributed by atoms with Crippen molar-refractivity contribution in [1.82, 2.24) is 0 Å². The van der Waals surface area contributed by atoms with Crippen molar-refractivity contribution in [3.05, 3.63) is 64.7 Å². The van der Waals surface area contributed by atoms with Crippen molar-refractivity contribution in [2.45, 2.75) is 13.3 Å². The highest BCUT2D eigenvalue weighted by molar-refractivity contribution is 5.93. The van der Waals surface area contributed by atoms with E-state index in [1.54, 1.807) is 19.1 Å². The zero-order chi connectivity index (χ0) is 15.4. The Kier molecular flexibility index (Phi) is 4.29. The maximum atomic E-state index is 13.5. The summed E-state index contributed by atoms with van der Waals surface area (Å²) in [7, 11) is 0. The van der Waals surface area contributed by atoms with Crippen LogP contribution in [0.2, 0.25) is 0 Å². The average Bonchev–Trinajstić information content (AvgIpc) is 2.46. The van der Waals surface area contributed by atoms with E-state index < -0.39 is 17.5 Å². The second-order valence-electron chi connectivity index (χ2n) is 4.58. The molecule has 3 nitrogen and oxygen atoms in total.